The first kappa shape index (κ1) is 13.7. The van der Waals surface area contributed by atoms with Crippen molar-refractivity contribution in [1.82, 2.24) is 0 Å². The van der Waals surface area contributed by atoms with E-state index in [-0.39, 0.29) is 23.6 Å². The van der Waals surface area contributed by atoms with E-state index in [2.05, 4.69) is 5.32 Å². The van der Waals surface area contributed by atoms with E-state index in [4.69, 9.17) is 0 Å². The monoisotopic (exact) mass is 306 g/mol. The molecule has 4 rings (SSSR count). The summed E-state index contributed by atoms with van der Waals surface area (Å²) < 4.78 is 0. The lowest BCUT2D eigenvalue weighted by atomic mass is 10.1. The molecule has 1 fully saturated rings. The predicted molar refractivity (Wildman–Crippen MR) is 85.4 cm³/mol. The lowest BCUT2D eigenvalue weighted by Crippen LogP contribution is -2.29. The summed E-state index contributed by atoms with van der Waals surface area (Å²) in [7, 11) is 0. The van der Waals surface area contributed by atoms with Crippen molar-refractivity contribution in [3.63, 3.8) is 0 Å². The second-order valence-corrected chi connectivity index (χ2v) is 5.81. The molecule has 3 amide bonds. The topological polar surface area (TPSA) is 66.5 Å². The molecule has 0 spiro atoms. The minimum Gasteiger partial charge on any atom is -0.326 e. The number of nitrogens with one attached hydrogen (secondary N) is 1. The molecule has 1 heterocycles. The van der Waals surface area contributed by atoms with Gasteiger partial charge >= 0.3 is 0 Å². The molecule has 2 aromatic rings. The first-order valence-electron chi connectivity index (χ1n) is 7.54. The molecule has 0 atom stereocenters. The van der Waals surface area contributed by atoms with E-state index < -0.39 is 0 Å². The summed E-state index contributed by atoms with van der Waals surface area (Å²) in [5.74, 6) is -0.588. The minimum atomic E-state index is -0.337. The van der Waals surface area contributed by atoms with Gasteiger partial charge in [-0.05, 0) is 43.2 Å². The lowest BCUT2D eigenvalue weighted by molar-refractivity contribution is -0.117. The molecule has 0 aromatic heterocycles. The number of nitrogens with zero attached hydrogens (tertiary/aromatic N) is 1. The van der Waals surface area contributed by atoms with E-state index in [1.807, 2.05) is 0 Å². The molecule has 1 aliphatic heterocycles. The number of fused-ring (bicyclic) bond motifs is 1. The summed E-state index contributed by atoms with van der Waals surface area (Å²) >= 11 is 0. The van der Waals surface area contributed by atoms with Crippen molar-refractivity contribution in [3.05, 3.63) is 59.7 Å². The maximum atomic E-state index is 12.5. The molecule has 0 radical (unpaired) electrons. The van der Waals surface area contributed by atoms with Crippen LogP contribution in [0.15, 0.2) is 48.5 Å². The highest BCUT2D eigenvalue weighted by Crippen LogP contribution is 2.32. The van der Waals surface area contributed by atoms with Crippen molar-refractivity contribution in [2.24, 2.45) is 5.92 Å². The summed E-state index contributed by atoms with van der Waals surface area (Å²) in [5, 5.41) is 2.83. The van der Waals surface area contributed by atoms with Crippen LogP contribution in [0.1, 0.15) is 33.6 Å². The third-order valence-electron chi connectivity index (χ3n) is 4.11. The van der Waals surface area contributed by atoms with E-state index >= 15 is 0 Å². The summed E-state index contributed by atoms with van der Waals surface area (Å²) in [6, 6.07) is 13.6. The Bertz CT molecular complexity index is 805. The van der Waals surface area contributed by atoms with Gasteiger partial charge < -0.3 is 5.32 Å². The Morgan fingerprint density at radius 2 is 1.61 bits per heavy atom. The number of carbonyl (C=O) groups is 3. The second-order valence-electron chi connectivity index (χ2n) is 5.81. The van der Waals surface area contributed by atoms with Crippen LogP contribution in [0.4, 0.5) is 11.4 Å². The number of benzene rings is 2. The molecule has 1 N–H and O–H groups in total. The molecule has 0 unspecified atom stereocenters. The van der Waals surface area contributed by atoms with Gasteiger partial charge in [0.1, 0.15) is 0 Å². The molecule has 23 heavy (non-hydrogen) atoms. The Hall–Kier alpha value is -2.95. The predicted octanol–water partition coefficient (Wildman–Crippen LogP) is 2.84. The number of anilines is 2. The Morgan fingerprint density at radius 1 is 0.957 bits per heavy atom. The van der Waals surface area contributed by atoms with Crippen LogP contribution in [0.25, 0.3) is 0 Å². The third kappa shape index (κ3) is 2.30. The number of rotatable bonds is 3. The molecule has 0 bridgehead atoms. The summed E-state index contributed by atoms with van der Waals surface area (Å²) in [4.78, 5) is 38.0. The standard InChI is InChI=1S/C18H14N2O3/c21-16(11-8-9-11)19-12-4-3-5-13(10-12)20-17(22)14-6-1-2-7-15(14)18(20)23/h1-7,10-11H,8-9H2,(H,19,21). The summed E-state index contributed by atoms with van der Waals surface area (Å²) in [6.45, 7) is 0. The fourth-order valence-electron chi connectivity index (χ4n) is 2.74. The van der Waals surface area contributed by atoms with Crippen LogP contribution in [-0.4, -0.2) is 17.7 Å². The summed E-state index contributed by atoms with van der Waals surface area (Å²) in [6.07, 6.45) is 1.84. The van der Waals surface area contributed by atoms with Crippen LogP contribution in [0.3, 0.4) is 0 Å². The SMILES string of the molecule is O=C(Nc1cccc(N2C(=O)c3ccccc3C2=O)c1)C1CC1. The van der Waals surface area contributed by atoms with Crippen LogP contribution >= 0.6 is 0 Å². The Balaban J connectivity index is 1.65. The fraction of sp³-hybridized carbons (Fsp3) is 0.167. The first-order chi connectivity index (χ1) is 11.1. The maximum Gasteiger partial charge on any atom is 0.266 e. The van der Waals surface area contributed by atoms with E-state index in [0.29, 0.717) is 22.5 Å². The molecule has 2 aromatic carbocycles. The van der Waals surface area contributed by atoms with Gasteiger partial charge in [0, 0.05) is 11.6 Å². The Labute approximate surface area is 132 Å². The van der Waals surface area contributed by atoms with Gasteiger partial charge in [-0.25, -0.2) is 4.90 Å². The Kier molecular flexibility index (Phi) is 3.01. The number of carbonyl (C=O) groups excluding carboxylic acids is 3. The van der Waals surface area contributed by atoms with Crippen LogP contribution in [-0.2, 0) is 4.79 Å². The molecule has 0 saturated heterocycles. The van der Waals surface area contributed by atoms with Gasteiger partial charge in [-0.2, -0.15) is 0 Å². The lowest BCUT2D eigenvalue weighted by Gasteiger charge is -2.15. The van der Waals surface area contributed by atoms with Crippen molar-refractivity contribution in [3.8, 4) is 0 Å². The van der Waals surface area contributed by atoms with Crippen molar-refractivity contribution in [2.45, 2.75) is 12.8 Å². The highest BCUT2D eigenvalue weighted by molar-refractivity contribution is 6.34. The Morgan fingerprint density at radius 3 is 2.22 bits per heavy atom. The van der Waals surface area contributed by atoms with E-state index in [0.717, 1.165) is 17.7 Å². The van der Waals surface area contributed by atoms with E-state index in [9.17, 15) is 14.4 Å². The number of imide groups is 1. The number of hydrogen-bond acceptors (Lipinski definition) is 3. The van der Waals surface area contributed by atoms with Crippen LogP contribution < -0.4 is 10.2 Å². The van der Waals surface area contributed by atoms with Gasteiger partial charge in [0.05, 0.1) is 16.8 Å². The highest BCUT2D eigenvalue weighted by Gasteiger charge is 2.36. The second kappa shape index (κ2) is 5.05. The van der Waals surface area contributed by atoms with E-state index in [1.54, 1.807) is 48.5 Å². The van der Waals surface area contributed by atoms with Gasteiger partial charge in [0.25, 0.3) is 11.8 Å². The zero-order valence-electron chi connectivity index (χ0n) is 12.3. The molecule has 1 saturated carbocycles. The molecule has 5 nitrogen and oxygen atoms in total. The van der Waals surface area contributed by atoms with Crippen molar-refractivity contribution >= 4 is 29.1 Å². The highest BCUT2D eigenvalue weighted by atomic mass is 16.2. The summed E-state index contributed by atoms with van der Waals surface area (Å²) in [5.41, 5.74) is 1.87. The van der Waals surface area contributed by atoms with Crippen LogP contribution in [0.5, 0.6) is 0 Å². The molecular formula is C18H14N2O3. The molecular weight excluding hydrogens is 292 g/mol. The molecule has 5 heteroatoms. The molecule has 114 valence electrons. The van der Waals surface area contributed by atoms with Gasteiger partial charge in [-0.3, -0.25) is 14.4 Å². The third-order valence-corrected chi connectivity index (χ3v) is 4.11. The zero-order chi connectivity index (χ0) is 16.0. The van der Waals surface area contributed by atoms with E-state index in [1.165, 1.54) is 0 Å². The average molecular weight is 306 g/mol. The zero-order valence-corrected chi connectivity index (χ0v) is 12.3. The normalized spacial score (nSPS) is 16.4. The van der Waals surface area contributed by atoms with Gasteiger partial charge in [-0.15, -0.1) is 0 Å². The van der Waals surface area contributed by atoms with Crippen LogP contribution in [0, 0.1) is 5.92 Å². The molecule has 2 aliphatic rings. The van der Waals surface area contributed by atoms with Crippen LogP contribution in [0.2, 0.25) is 0 Å². The molecule has 1 aliphatic carbocycles. The van der Waals surface area contributed by atoms with Gasteiger partial charge in [0.15, 0.2) is 0 Å². The number of amides is 3. The average Bonchev–Trinajstić information content (AvgIpc) is 3.37. The largest absolute Gasteiger partial charge is 0.326 e. The van der Waals surface area contributed by atoms with Crippen molar-refractivity contribution < 1.29 is 14.4 Å². The number of hydrogen-bond donors (Lipinski definition) is 1. The van der Waals surface area contributed by atoms with Gasteiger partial charge in [-0.1, -0.05) is 18.2 Å². The smallest absolute Gasteiger partial charge is 0.266 e. The maximum absolute atomic E-state index is 12.5. The van der Waals surface area contributed by atoms with Crippen molar-refractivity contribution in [1.29, 1.82) is 0 Å². The first-order valence-corrected chi connectivity index (χ1v) is 7.54. The fourth-order valence-corrected chi connectivity index (χ4v) is 2.74. The van der Waals surface area contributed by atoms with Crippen molar-refractivity contribution in [2.75, 3.05) is 10.2 Å². The minimum absolute atomic E-state index is 0.00971. The van der Waals surface area contributed by atoms with Gasteiger partial charge in [0.2, 0.25) is 5.91 Å². The quantitative estimate of drug-likeness (QED) is 0.887.